The molecule has 4 aromatic rings. The number of ether oxygens (including phenoxy) is 2. The molecule has 1 N–H and O–H groups in total. The van der Waals surface area contributed by atoms with E-state index in [0.29, 0.717) is 11.5 Å². The van der Waals surface area contributed by atoms with Crippen molar-refractivity contribution >= 4 is 27.5 Å². The Hall–Kier alpha value is -4.83. The number of sulfonamides is 1. The number of carbonyl (C=O) groups is 2. The van der Waals surface area contributed by atoms with Gasteiger partial charge in [-0.15, -0.1) is 0 Å². The van der Waals surface area contributed by atoms with Gasteiger partial charge in [0.1, 0.15) is 12.6 Å². The maximum atomic E-state index is 14.8. The Kier molecular flexibility index (Phi) is 12.0. The van der Waals surface area contributed by atoms with Crippen molar-refractivity contribution in [3.05, 3.63) is 120 Å². The van der Waals surface area contributed by atoms with Crippen molar-refractivity contribution < 1.29 is 27.5 Å². The van der Waals surface area contributed by atoms with Crippen LogP contribution in [-0.2, 0) is 32.6 Å². The van der Waals surface area contributed by atoms with E-state index in [1.54, 1.807) is 30.3 Å². The van der Waals surface area contributed by atoms with Crippen LogP contribution in [0.15, 0.2) is 108 Å². The Labute approximate surface area is 289 Å². The summed E-state index contributed by atoms with van der Waals surface area (Å²) in [5.74, 6) is -0.0432. The third-order valence-corrected chi connectivity index (χ3v) is 10.7. The van der Waals surface area contributed by atoms with E-state index < -0.39 is 28.5 Å². The minimum atomic E-state index is -4.24. The average Bonchev–Trinajstić information content (AvgIpc) is 3.13. The number of hydrogen-bond donors (Lipinski definition) is 1. The molecule has 1 saturated carbocycles. The number of nitrogens with zero attached hydrogens (tertiary/aromatic N) is 2. The molecular weight excluding hydrogens is 639 g/mol. The zero-order valence-electron chi connectivity index (χ0n) is 28.4. The number of aryl methyl sites for hydroxylation is 1. The molecule has 9 nitrogen and oxygen atoms in total. The first-order valence-electron chi connectivity index (χ1n) is 16.7. The normalized spacial score (nSPS) is 14.0. The lowest BCUT2D eigenvalue weighted by Crippen LogP contribution is -2.55. The van der Waals surface area contributed by atoms with E-state index in [-0.39, 0.29) is 35.5 Å². The summed E-state index contributed by atoms with van der Waals surface area (Å²) in [6.07, 6.45) is 5.25. The van der Waals surface area contributed by atoms with Gasteiger partial charge in [0.2, 0.25) is 11.8 Å². The maximum absolute atomic E-state index is 14.8. The summed E-state index contributed by atoms with van der Waals surface area (Å²) in [6, 6.07) is 29.2. The minimum absolute atomic E-state index is 0.0255. The van der Waals surface area contributed by atoms with Crippen LogP contribution in [0.25, 0.3) is 0 Å². The Morgan fingerprint density at radius 3 is 2.06 bits per heavy atom. The Morgan fingerprint density at radius 1 is 0.796 bits per heavy atom. The van der Waals surface area contributed by atoms with Crippen LogP contribution in [0.2, 0.25) is 0 Å². The van der Waals surface area contributed by atoms with E-state index in [4.69, 9.17) is 9.47 Å². The summed E-state index contributed by atoms with van der Waals surface area (Å²) in [5, 5.41) is 3.24. The van der Waals surface area contributed by atoms with Gasteiger partial charge in [0, 0.05) is 25.1 Å². The molecule has 5 rings (SSSR count). The highest BCUT2D eigenvalue weighted by atomic mass is 32.2. The molecule has 4 aromatic carbocycles. The van der Waals surface area contributed by atoms with Gasteiger partial charge in [0.15, 0.2) is 11.5 Å². The lowest BCUT2D eigenvalue weighted by atomic mass is 9.94. The van der Waals surface area contributed by atoms with Crippen LogP contribution in [0.1, 0.15) is 48.8 Å². The SMILES string of the molecule is COc1ccc(N(CC(=O)N(Cc2ccc(C)cc2)[C@H](Cc2ccccc2)C(=O)NC2CCCCC2)S(=O)(=O)c2ccccc2)cc1OC. The number of methoxy groups -OCH3 is 2. The zero-order chi connectivity index (χ0) is 34.8. The first-order chi connectivity index (χ1) is 23.7. The van der Waals surface area contributed by atoms with Crippen LogP contribution in [0.5, 0.6) is 11.5 Å². The van der Waals surface area contributed by atoms with Crippen LogP contribution in [0.4, 0.5) is 5.69 Å². The van der Waals surface area contributed by atoms with Crippen LogP contribution in [-0.4, -0.2) is 58.0 Å². The fraction of sp³-hybridized carbons (Fsp3) is 0.333. The van der Waals surface area contributed by atoms with E-state index in [2.05, 4.69) is 5.32 Å². The lowest BCUT2D eigenvalue weighted by molar-refractivity contribution is -0.140. The molecule has 0 unspecified atom stereocenters. The van der Waals surface area contributed by atoms with Crippen molar-refractivity contribution in [2.24, 2.45) is 0 Å². The summed E-state index contributed by atoms with van der Waals surface area (Å²) >= 11 is 0. The van der Waals surface area contributed by atoms with Gasteiger partial charge in [-0.05, 0) is 55.2 Å². The highest BCUT2D eigenvalue weighted by molar-refractivity contribution is 7.92. The molecule has 0 aliphatic heterocycles. The molecule has 1 fully saturated rings. The summed E-state index contributed by atoms with van der Waals surface area (Å²) in [6.45, 7) is 1.54. The quantitative estimate of drug-likeness (QED) is 0.167. The second kappa shape index (κ2) is 16.5. The summed E-state index contributed by atoms with van der Waals surface area (Å²) in [5.41, 5.74) is 3.00. The topological polar surface area (TPSA) is 105 Å². The third kappa shape index (κ3) is 9.00. The number of benzene rings is 4. The monoisotopic (exact) mass is 683 g/mol. The van der Waals surface area contributed by atoms with Gasteiger partial charge in [-0.2, -0.15) is 0 Å². The molecule has 1 aliphatic carbocycles. The Morgan fingerprint density at radius 2 is 1.43 bits per heavy atom. The minimum Gasteiger partial charge on any atom is -0.493 e. The van der Waals surface area contributed by atoms with Crippen LogP contribution >= 0.6 is 0 Å². The molecule has 0 spiro atoms. The zero-order valence-corrected chi connectivity index (χ0v) is 29.2. The Bertz CT molecular complexity index is 1790. The highest BCUT2D eigenvalue weighted by Gasteiger charge is 2.35. The van der Waals surface area contributed by atoms with Crippen molar-refractivity contribution in [3.63, 3.8) is 0 Å². The fourth-order valence-corrected chi connectivity index (χ4v) is 7.64. The summed E-state index contributed by atoms with van der Waals surface area (Å²) in [4.78, 5) is 30.6. The van der Waals surface area contributed by atoms with Gasteiger partial charge in [0.25, 0.3) is 10.0 Å². The predicted octanol–water partition coefficient (Wildman–Crippen LogP) is 6.30. The third-order valence-electron chi connectivity index (χ3n) is 8.96. The van der Waals surface area contributed by atoms with E-state index >= 15 is 0 Å². The van der Waals surface area contributed by atoms with Crippen molar-refractivity contribution in [2.45, 2.75) is 69.0 Å². The molecule has 0 radical (unpaired) electrons. The van der Waals surface area contributed by atoms with Crippen LogP contribution in [0.3, 0.4) is 0 Å². The van der Waals surface area contributed by atoms with Crippen molar-refractivity contribution in [2.75, 3.05) is 25.1 Å². The first-order valence-corrected chi connectivity index (χ1v) is 18.1. The number of rotatable bonds is 14. The molecule has 1 aliphatic rings. The highest BCUT2D eigenvalue weighted by Crippen LogP contribution is 2.34. The fourth-order valence-electron chi connectivity index (χ4n) is 6.22. The molecule has 258 valence electrons. The average molecular weight is 684 g/mol. The number of amides is 2. The van der Waals surface area contributed by atoms with Gasteiger partial charge in [-0.1, -0.05) is 97.6 Å². The van der Waals surface area contributed by atoms with Gasteiger partial charge in [0.05, 0.1) is 24.8 Å². The van der Waals surface area contributed by atoms with Crippen LogP contribution in [0, 0.1) is 6.92 Å². The van der Waals surface area contributed by atoms with Crippen LogP contribution < -0.4 is 19.1 Å². The Balaban J connectivity index is 1.58. The van der Waals surface area contributed by atoms with E-state index in [9.17, 15) is 18.0 Å². The van der Waals surface area contributed by atoms with E-state index in [1.165, 1.54) is 37.3 Å². The molecule has 2 amide bonds. The standard InChI is InChI=1S/C39H45N3O6S/c1-29-19-21-31(22-20-29)27-41(35(25-30-13-7-4-8-14-30)39(44)40-32-15-9-5-10-16-32)38(43)28-42(49(45,46)34-17-11-6-12-18-34)33-23-24-36(47-2)37(26-33)48-3/h4,6-8,11-14,17-24,26,32,35H,5,9-10,15-16,25,27-28H2,1-3H3,(H,40,44)/t35-/m1/s1. The predicted molar refractivity (Wildman–Crippen MR) is 191 cm³/mol. The molecular formula is C39H45N3O6S. The smallest absolute Gasteiger partial charge is 0.264 e. The number of hydrogen-bond acceptors (Lipinski definition) is 6. The van der Waals surface area contributed by atoms with Gasteiger partial charge < -0.3 is 19.7 Å². The van der Waals surface area contributed by atoms with Crippen molar-refractivity contribution in [1.82, 2.24) is 10.2 Å². The number of anilines is 1. The molecule has 1 atom stereocenters. The van der Waals surface area contributed by atoms with Gasteiger partial charge in [-0.25, -0.2) is 8.42 Å². The second-order valence-corrected chi connectivity index (χ2v) is 14.3. The van der Waals surface area contributed by atoms with E-state index in [1.807, 2.05) is 61.5 Å². The number of carbonyl (C=O) groups excluding carboxylic acids is 2. The molecule has 0 heterocycles. The largest absolute Gasteiger partial charge is 0.493 e. The summed E-state index contributed by atoms with van der Waals surface area (Å²) in [7, 11) is -1.29. The summed E-state index contributed by atoms with van der Waals surface area (Å²) < 4.78 is 40.6. The molecule has 10 heteroatoms. The lowest BCUT2D eigenvalue weighted by Gasteiger charge is -2.35. The van der Waals surface area contributed by atoms with Crippen molar-refractivity contribution in [1.29, 1.82) is 0 Å². The molecule has 0 saturated heterocycles. The number of nitrogens with one attached hydrogen (secondary N) is 1. The van der Waals surface area contributed by atoms with E-state index in [0.717, 1.165) is 53.1 Å². The first kappa shape index (κ1) is 35.5. The molecule has 49 heavy (non-hydrogen) atoms. The second-order valence-electron chi connectivity index (χ2n) is 12.4. The maximum Gasteiger partial charge on any atom is 0.264 e. The van der Waals surface area contributed by atoms with Gasteiger partial charge in [-0.3, -0.25) is 13.9 Å². The molecule has 0 aromatic heterocycles. The van der Waals surface area contributed by atoms with Gasteiger partial charge >= 0.3 is 0 Å². The van der Waals surface area contributed by atoms with Crippen molar-refractivity contribution in [3.8, 4) is 11.5 Å². The molecule has 0 bridgehead atoms.